The third-order valence-electron chi connectivity index (χ3n) is 3.05. The number of nitrogens with one attached hydrogen (secondary N) is 1. The molecule has 2 aromatic rings. The fourth-order valence-corrected chi connectivity index (χ4v) is 2.89. The molecule has 2 rings (SSSR count). The van der Waals surface area contributed by atoms with Gasteiger partial charge in [-0.15, -0.1) is 0 Å². The fraction of sp³-hybridized carbons (Fsp3) is 0.143. The predicted molar refractivity (Wildman–Crippen MR) is 79.8 cm³/mol. The SMILES string of the molecule is Cc1ccc(S(=O)(=O)Nc2cc(C)c(F)cc2[N+](=O)[O-])cc1. The monoisotopic (exact) mass is 324 g/mol. The molecule has 0 heterocycles. The quantitative estimate of drug-likeness (QED) is 0.691. The minimum absolute atomic E-state index is 0.0330. The number of sulfonamides is 1. The molecule has 0 saturated carbocycles. The van der Waals surface area contributed by atoms with Crippen molar-refractivity contribution in [3.63, 3.8) is 0 Å². The van der Waals surface area contributed by atoms with E-state index < -0.39 is 26.5 Å². The Morgan fingerprint density at radius 2 is 1.73 bits per heavy atom. The van der Waals surface area contributed by atoms with Crippen LogP contribution in [-0.2, 0) is 10.0 Å². The topological polar surface area (TPSA) is 89.3 Å². The summed E-state index contributed by atoms with van der Waals surface area (Å²) in [6.07, 6.45) is 0. The summed E-state index contributed by atoms with van der Waals surface area (Å²) in [5.41, 5.74) is 0.0676. The van der Waals surface area contributed by atoms with Crippen molar-refractivity contribution >= 4 is 21.4 Å². The minimum atomic E-state index is -3.99. The Balaban J connectivity index is 2.47. The van der Waals surface area contributed by atoms with E-state index in [2.05, 4.69) is 4.72 Å². The first kappa shape index (κ1) is 15.9. The number of hydrogen-bond acceptors (Lipinski definition) is 4. The van der Waals surface area contributed by atoms with Crippen molar-refractivity contribution in [3.8, 4) is 0 Å². The van der Waals surface area contributed by atoms with E-state index in [9.17, 15) is 22.9 Å². The van der Waals surface area contributed by atoms with Crippen molar-refractivity contribution in [2.75, 3.05) is 4.72 Å². The van der Waals surface area contributed by atoms with E-state index in [1.807, 2.05) is 0 Å². The molecular formula is C14H13FN2O4S. The standard InChI is InChI=1S/C14H13FN2O4S/c1-9-3-5-11(6-4-9)22(20,21)16-13-7-10(2)12(15)8-14(13)17(18)19/h3-8,16H,1-2H3. The molecule has 0 aliphatic heterocycles. The second kappa shape index (κ2) is 5.72. The van der Waals surface area contributed by atoms with Gasteiger partial charge < -0.3 is 0 Å². The number of nitrogens with zero attached hydrogens (tertiary/aromatic N) is 1. The van der Waals surface area contributed by atoms with Gasteiger partial charge in [0.25, 0.3) is 15.7 Å². The average molecular weight is 324 g/mol. The Bertz CT molecular complexity index is 833. The maximum atomic E-state index is 13.4. The lowest BCUT2D eigenvalue weighted by Crippen LogP contribution is -2.14. The van der Waals surface area contributed by atoms with Crippen molar-refractivity contribution < 1.29 is 17.7 Å². The number of halogens is 1. The number of nitro groups is 1. The van der Waals surface area contributed by atoms with E-state index in [1.165, 1.54) is 19.1 Å². The van der Waals surface area contributed by atoms with Crippen molar-refractivity contribution in [1.82, 2.24) is 0 Å². The number of rotatable bonds is 4. The molecule has 0 amide bonds. The summed E-state index contributed by atoms with van der Waals surface area (Å²) in [7, 11) is -3.99. The number of benzene rings is 2. The lowest BCUT2D eigenvalue weighted by atomic mass is 10.2. The summed E-state index contributed by atoms with van der Waals surface area (Å²) >= 11 is 0. The number of anilines is 1. The van der Waals surface area contributed by atoms with Crippen LogP contribution in [0.4, 0.5) is 15.8 Å². The van der Waals surface area contributed by atoms with Gasteiger partial charge in [0.2, 0.25) is 0 Å². The molecule has 0 bridgehead atoms. The molecule has 0 aliphatic carbocycles. The van der Waals surface area contributed by atoms with Gasteiger partial charge in [-0.2, -0.15) is 0 Å². The molecule has 116 valence electrons. The minimum Gasteiger partial charge on any atom is -0.273 e. The van der Waals surface area contributed by atoms with E-state index >= 15 is 0 Å². The normalized spacial score (nSPS) is 11.2. The van der Waals surface area contributed by atoms with Crippen LogP contribution in [0, 0.1) is 29.8 Å². The molecule has 0 aliphatic rings. The number of aryl methyl sites for hydroxylation is 2. The molecule has 0 fully saturated rings. The highest BCUT2D eigenvalue weighted by Gasteiger charge is 2.22. The molecule has 8 heteroatoms. The van der Waals surface area contributed by atoms with Crippen LogP contribution in [0.3, 0.4) is 0 Å². The third kappa shape index (κ3) is 3.22. The molecule has 0 aromatic heterocycles. The Morgan fingerprint density at radius 1 is 1.14 bits per heavy atom. The van der Waals surface area contributed by atoms with Gasteiger partial charge in [-0.3, -0.25) is 14.8 Å². The van der Waals surface area contributed by atoms with Gasteiger partial charge in [-0.1, -0.05) is 17.7 Å². The van der Waals surface area contributed by atoms with E-state index in [0.29, 0.717) is 6.07 Å². The van der Waals surface area contributed by atoms with Gasteiger partial charge in [-0.25, -0.2) is 12.8 Å². The van der Waals surface area contributed by atoms with E-state index in [1.54, 1.807) is 19.1 Å². The van der Waals surface area contributed by atoms with Gasteiger partial charge in [0.1, 0.15) is 11.5 Å². The van der Waals surface area contributed by atoms with Crippen LogP contribution in [0.2, 0.25) is 0 Å². The molecule has 0 radical (unpaired) electrons. The third-order valence-corrected chi connectivity index (χ3v) is 4.43. The molecule has 2 aromatic carbocycles. The molecule has 0 atom stereocenters. The fourth-order valence-electron chi connectivity index (χ4n) is 1.82. The Morgan fingerprint density at radius 3 is 2.27 bits per heavy atom. The van der Waals surface area contributed by atoms with Crippen LogP contribution in [0.25, 0.3) is 0 Å². The summed E-state index contributed by atoms with van der Waals surface area (Å²) in [6, 6.07) is 7.79. The molecular weight excluding hydrogens is 311 g/mol. The van der Waals surface area contributed by atoms with Gasteiger partial charge in [0.15, 0.2) is 0 Å². The van der Waals surface area contributed by atoms with E-state index in [-0.39, 0.29) is 16.1 Å². The zero-order chi connectivity index (χ0) is 16.5. The van der Waals surface area contributed by atoms with Gasteiger partial charge in [0.05, 0.1) is 15.9 Å². The lowest BCUT2D eigenvalue weighted by molar-refractivity contribution is -0.384. The molecule has 1 N–H and O–H groups in total. The van der Waals surface area contributed by atoms with Gasteiger partial charge >= 0.3 is 0 Å². The Hall–Kier alpha value is -2.48. The number of nitro benzene ring substituents is 1. The summed E-state index contributed by atoms with van der Waals surface area (Å²) in [6.45, 7) is 3.20. The zero-order valence-electron chi connectivity index (χ0n) is 11.8. The zero-order valence-corrected chi connectivity index (χ0v) is 12.6. The second-order valence-corrected chi connectivity index (χ2v) is 6.48. The van der Waals surface area contributed by atoms with Gasteiger partial charge in [-0.05, 0) is 37.6 Å². The second-order valence-electron chi connectivity index (χ2n) is 4.79. The van der Waals surface area contributed by atoms with Crippen molar-refractivity contribution in [3.05, 3.63) is 63.5 Å². The highest BCUT2D eigenvalue weighted by atomic mass is 32.2. The molecule has 0 spiro atoms. The number of hydrogen-bond donors (Lipinski definition) is 1. The largest absolute Gasteiger partial charge is 0.296 e. The molecule has 6 nitrogen and oxygen atoms in total. The average Bonchev–Trinajstić information content (AvgIpc) is 2.42. The molecule has 0 saturated heterocycles. The molecule has 0 unspecified atom stereocenters. The van der Waals surface area contributed by atoms with Crippen LogP contribution in [-0.4, -0.2) is 13.3 Å². The lowest BCUT2D eigenvalue weighted by Gasteiger charge is -2.10. The van der Waals surface area contributed by atoms with Crippen LogP contribution in [0.1, 0.15) is 11.1 Å². The first-order valence-electron chi connectivity index (χ1n) is 6.25. The highest BCUT2D eigenvalue weighted by Crippen LogP contribution is 2.29. The van der Waals surface area contributed by atoms with E-state index in [0.717, 1.165) is 11.6 Å². The molecule has 22 heavy (non-hydrogen) atoms. The van der Waals surface area contributed by atoms with Crippen LogP contribution < -0.4 is 4.72 Å². The first-order valence-corrected chi connectivity index (χ1v) is 7.73. The van der Waals surface area contributed by atoms with Crippen molar-refractivity contribution in [2.24, 2.45) is 0 Å². The van der Waals surface area contributed by atoms with Crippen LogP contribution >= 0.6 is 0 Å². The van der Waals surface area contributed by atoms with Crippen LogP contribution in [0.5, 0.6) is 0 Å². The highest BCUT2D eigenvalue weighted by molar-refractivity contribution is 7.92. The summed E-state index contributed by atoms with van der Waals surface area (Å²) in [5, 5.41) is 11.0. The van der Waals surface area contributed by atoms with Gasteiger partial charge in [0, 0.05) is 0 Å². The van der Waals surface area contributed by atoms with E-state index in [4.69, 9.17) is 0 Å². The predicted octanol–water partition coefficient (Wildman–Crippen LogP) is 3.15. The summed E-state index contributed by atoms with van der Waals surface area (Å²) < 4.78 is 40.1. The smallest absolute Gasteiger partial charge is 0.273 e. The maximum absolute atomic E-state index is 13.4. The Kier molecular flexibility index (Phi) is 4.14. The summed E-state index contributed by atoms with van der Waals surface area (Å²) in [4.78, 5) is 10.1. The first-order chi connectivity index (χ1) is 10.2. The Labute approximate surface area is 126 Å². The van der Waals surface area contributed by atoms with Crippen molar-refractivity contribution in [1.29, 1.82) is 0 Å². The maximum Gasteiger partial charge on any atom is 0.296 e. The van der Waals surface area contributed by atoms with Crippen molar-refractivity contribution in [2.45, 2.75) is 18.7 Å². The summed E-state index contributed by atoms with van der Waals surface area (Å²) in [5.74, 6) is -0.773. The van der Waals surface area contributed by atoms with Crippen LogP contribution in [0.15, 0.2) is 41.3 Å².